The summed E-state index contributed by atoms with van der Waals surface area (Å²) < 4.78 is 0. The summed E-state index contributed by atoms with van der Waals surface area (Å²) in [4.78, 5) is 31.3. The van der Waals surface area contributed by atoms with Gasteiger partial charge in [-0.1, -0.05) is 18.7 Å². The minimum Gasteiger partial charge on any atom is -0.274 e. The summed E-state index contributed by atoms with van der Waals surface area (Å²) in [6, 6.07) is 12.5. The van der Waals surface area contributed by atoms with Crippen LogP contribution in [0.3, 0.4) is 0 Å². The fourth-order valence-corrected chi connectivity index (χ4v) is 4.88. The summed E-state index contributed by atoms with van der Waals surface area (Å²) in [5.41, 5.74) is 3.47. The van der Waals surface area contributed by atoms with E-state index in [9.17, 15) is 14.9 Å². The third kappa shape index (κ3) is 3.62. The van der Waals surface area contributed by atoms with Crippen molar-refractivity contribution in [3.05, 3.63) is 52.7 Å². The highest BCUT2D eigenvalue weighted by atomic mass is 32.2. The molecule has 2 aromatic rings. The predicted molar refractivity (Wildman–Crippen MR) is 108 cm³/mol. The van der Waals surface area contributed by atoms with Crippen LogP contribution in [0.15, 0.2) is 35.4 Å². The van der Waals surface area contributed by atoms with Crippen molar-refractivity contribution < 1.29 is 9.59 Å². The number of rotatable bonds is 3. The van der Waals surface area contributed by atoms with Crippen molar-refractivity contribution in [2.45, 2.75) is 42.9 Å². The highest BCUT2D eigenvalue weighted by molar-refractivity contribution is 8.00. The molecule has 0 radical (unpaired) electrons. The van der Waals surface area contributed by atoms with Crippen LogP contribution >= 0.6 is 11.8 Å². The Kier molecular flexibility index (Phi) is 5.08. The Hall–Kier alpha value is -3.16. The van der Waals surface area contributed by atoms with E-state index in [1.807, 2.05) is 12.1 Å². The average Bonchev–Trinajstić information content (AvgIpc) is 3.00. The van der Waals surface area contributed by atoms with E-state index < -0.39 is 5.25 Å². The van der Waals surface area contributed by atoms with Gasteiger partial charge in [-0.05, 0) is 61.1 Å². The molecule has 2 aliphatic rings. The van der Waals surface area contributed by atoms with Gasteiger partial charge in [0.1, 0.15) is 11.1 Å². The Balaban J connectivity index is 1.59. The highest BCUT2D eigenvalue weighted by Gasteiger charge is 2.41. The molecule has 144 valence electrons. The summed E-state index contributed by atoms with van der Waals surface area (Å²) in [5.74, 6) is -0.0337. The Bertz CT molecular complexity index is 1080. The minimum absolute atomic E-state index is 0.0597. The molecule has 0 N–H and O–H groups in total. The lowest BCUT2D eigenvalue weighted by atomic mass is 9.87. The van der Waals surface area contributed by atoms with Crippen molar-refractivity contribution >= 4 is 29.3 Å². The largest absolute Gasteiger partial charge is 0.274 e. The molecule has 6 nitrogen and oxygen atoms in total. The van der Waals surface area contributed by atoms with Crippen LogP contribution < -0.4 is 4.90 Å². The van der Waals surface area contributed by atoms with Gasteiger partial charge in [0.2, 0.25) is 11.8 Å². The number of nitriles is 2. The molecule has 7 heteroatoms. The van der Waals surface area contributed by atoms with Gasteiger partial charge >= 0.3 is 0 Å². The van der Waals surface area contributed by atoms with Gasteiger partial charge in [0.15, 0.2) is 0 Å². The number of fused-ring (bicyclic) bond motifs is 1. The molecule has 1 aromatic heterocycles. The number of aryl methyl sites for hydroxylation is 1. The van der Waals surface area contributed by atoms with Crippen molar-refractivity contribution in [1.82, 2.24) is 4.98 Å². The van der Waals surface area contributed by atoms with Gasteiger partial charge in [0, 0.05) is 12.1 Å². The molecule has 2 unspecified atom stereocenters. The summed E-state index contributed by atoms with van der Waals surface area (Å²) in [6.45, 7) is 2.19. The van der Waals surface area contributed by atoms with Crippen LogP contribution in [-0.2, 0) is 22.4 Å². The fourth-order valence-electron chi connectivity index (χ4n) is 3.78. The Labute approximate surface area is 173 Å². The molecule has 0 saturated carbocycles. The number of anilines is 1. The number of pyridine rings is 1. The summed E-state index contributed by atoms with van der Waals surface area (Å²) >= 11 is 1.20. The Morgan fingerprint density at radius 1 is 1.14 bits per heavy atom. The summed E-state index contributed by atoms with van der Waals surface area (Å²) in [5, 5.41) is 18.4. The van der Waals surface area contributed by atoms with E-state index in [0.29, 0.717) is 27.8 Å². The van der Waals surface area contributed by atoms with Crippen LogP contribution in [0.4, 0.5) is 5.69 Å². The minimum atomic E-state index is -0.613. The molecule has 0 spiro atoms. The van der Waals surface area contributed by atoms with E-state index in [0.717, 1.165) is 35.4 Å². The SMILES string of the molecule is CC1CCc2nc(SC3CC(=O)N(c4ccc(C#N)cc4)C3=O)c(C#N)cc2C1. The third-order valence-electron chi connectivity index (χ3n) is 5.33. The topological polar surface area (TPSA) is 97.8 Å². The Morgan fingerprint density at radius 2 is 1.90 bits per heavy atom. The lowest BCUT2D eigenvalue weighted by Gasteiger charge is -2.22. The van der Waals surface area contributed by atoms with Crippen molar-refractivity contribution in [3.63, 3.8) is 0 Å². The van der Waals surface area contributed by atoms with Crippen molar-refractivity contribution in [1.29, 1.82) is 10.5 Å². The number of imide groups is 1. The van der Waals surface area contributed by atoms with Crippen molar-refractivity contribution in [2.75, 3.05) is 4.90 Å². The normalized spacial score (nSPS) is 20.9. The van der Waals surface area contributed by atoms with Crippen molar-refractivity contribution in [2.24, 2.45) is 5.92 Å². The fraction of sp³-hybridized carbons (Fsp3) is 0.318. The number of aromatic nitrogens is 1. The molecule has 1 saturated heterocycles. The first-order chi connectivity index (χ1) is 14.0. The first kappa shape index (κ1) is 19.2. The monoisotopic (exact) mass is 402 g/mol. The number of nitrogens with zero attached hydrogens (tertiary/aromatic N) is 4. The van der Waals surface area contributed by atoms with Crippen LogP contribution in [0.1, 0.15) is 42.1 Å². The van der Waals surface area contributed by atoms with Crippen LogP contribution in [0.5, 0.6) is 0 Å². The molecule has 1 fully saturated rings. The second-order valence-electron chi connectivity index (χ2n) is 7.44. The van der Waals surface area contributed by atoms with Crippen LogP contribution in [0.2, 0.25) is 0 Å². The van der Waals surface area contributed by atoms with Gasteiger partial charge in [0.05, 0.1) is 28.1 Å². The average molecular weight is 402 g/mol. The number of carbonyl (C=O) groups is 2. The molecule has 2 atom stereocenters. The van der Waals surface area contributed by atoms with Gasteiger partial charge in [0.25, 0.3) is 0 Å². The van der Waals surface area contributed by atoms with E-state index in [4.69, 9.17) is 5.26 Å². The molecule has 1 aromatic carbocycles. The van der Waals surface area contributed by atoms with Crippen LogP contribution in [0.25, 0.3) is 0 Å². The predicted octanol–water partition coefficient (Wildman–Crippen LogP) is 3.37. The molecule has 1 aliphatic carbocycles. The Morgan fingerprint density at radius 3 is 2.59 bits per heavy atom. The summed E-state index contributed by atoms with van der Waals surface area (Å²) in [7, 11) is 0. The van der Waals surface area contributed by atoms with E-state index in [1.54, 1.807) is 24.3 Å². The number of hydrogen-bond acceptors (Lipinski definition) is 6. The van der Waals surface area contributed by atoms with Gasteiger partial charge in [-0.2, -0.15) is 10.5 Å². The highest BCUT2D eigenvalue weighted by Crippen LogP contribution is 2.36. The standard InChI is InChI=1S/C22H18N4O2S/c1-13-2-7-18-15(8-13)9-16(12-24)21(25-18)29-19-10-20(27)26(22(19)28)17-5-3-14(11-23)4-6-17/h3-6,9,13,19H,2,7-8,10H2,1H3. The zero-order valence-corrected chi connectivity index (χ0v) is 16.7. The van der Waals surface area contributed by atoms with Crippen LogP contribution in [-0.4, -0.2) is 22.0 Å². The zero-order valence-electron chi connectivity index (χ0n) is 15.9. The lowest BCUT2D eigenvalue weighted by molar-refractivity contribution is -0.121. The molecule has 2 amide bonds. The smallest absolute Gasteiger partial charge is 0.247 e. The molecular formula is C22H18N4O2S. The number of amides is 2. The summed E-state index contributed by atoms with van der Waals surface area (Å²) in [6.07, 6.45) is 2.90. The van der Waals surface area contributed by atoms with Gasteiger partial charge in [-0.15, -0.1) is 0 Å². The molecule has 29 heavy (non-hydrogen) atoms. The second kappa shape index (κ2) is 7.69. The number of thioether (sulfide) groups is 1. The molecule has 4 rings (SSSR count). The first-order valence-corrected chi connectivity index (χ1v) is 10.3. The van der Waals surface area contributed by atoms with Crippen LogP contribution in [0, 0.1) is 28.6 Å². The maximum Gasteiger partial charge on any atom is 0.247 e. The van der Waals surface area contributed by atoms with Gasteiger partial charge in [-0.3, -0.25) is 9.59 Å². The maximum absolute atomic E-state index is 12.9. The number of hydrogen-bond donors (Lipinski definition) is 0. The van der Waals surface area contributed by atoms with Crippen molar-refractivity contribution in [3.8, 4) is 12.1 Å². The van der Waals surface area contributed by atoms with E-state index in [-0.39, 0.29) is 18.2 Å². The molecule has 1 aliphatic heterocycles. The molecular weight excluding hydrogens is 384 g/mol. The molecule has 0 bridgehead atoms. The maximum atomic E-state index is 12.9. The number of benzene rings is 1. The quantitative estimate of drug-likeness (QED) is 0.730. The molecule has 2 heterocycles. The lowest BCUT2D eigenvalue weighted by Crippen LogP contribution is -2.31. The van der Waals surface area contributed by atoms with E-state index in [1.165, 1.54) is 11.8 Å². The third-order valence-corrected chi connectivity index (χ3v) is 6.52. The zero-order chi connectivity index (χ0) is 20.5. The second-order valence-corrected chi connectivity index (χ2v) is 8.63. The van der Waals surface area contributed by atoms with Gasteiger partial charge < -0.3 is 0 Å². The van der Waals surface area contributed by atoms with E-state index >= 15 is 0 Å². The number of carbonyl (C=O) groups excluding carboxylic acids is 2. The van der Waals surface area contributed by atoms with E-state index in [2.05, 4.69) is 18.0 Å². The van der Waals surface area contributed by atoms with Gasteiger partial charge in [-0.25, -0.2) is 9.88 Å². The first-order valence-electron chi connectivity index (χ1n) is 9.46.